The summed E-state index contributed by atoms with van der Waals surface area (Å²) in [5.74, 6) is 0.617. The summed E-state index contributed by atoms with van der Waals surface area (Å²) in [5.41, 5.74) is 7.82. The average Bonchev–Trinajstić information content (AvgIpc) is 3.56. The number of rotatable bonds is 15. The van der Waals surface area contributed by atoms with Crippen molar-refractivity contribution in [3.8, 4) is 0 Å². The molecule has 0 aliphatic heterocycles. The number of nitrogens with zero attached hydrogens (tertiary/aromatic N) is 4. The Morgan fingerprint density at radius 3 is 2.42 bits per heavy atom. The zero-order valence-corrected chi connectivity index (χ0v) is 21.6. The Kier molecular flexibility index (Phi) is 9.88. The van der Waals surface area contributed by atoms with Crippen molar-refractivity contribution in [3.63, 3.8) is 0 Å². The molecule has 200 valence electrons. The molecule has 0 saturated heterocycles. The summed E-state index contributed by atoms with van der Waals surface area (Å²) in [6, 6.07) is 0. The molecule has 2 aromatic rings. The van der Waals surface area contributed by atoms with Gasteiger partial charge in [-0.15, -0.1) is 0 Å². The molecule has 15 heteroatoms. The standard InChI is InChI=1S/C21H32N5O9P/c1-14(2)34-20(16-5-6-16)30-11-32-36(28,33-12-31-21(27)35-15(3)4)13-29-8-7-26-10-25-17-18(22)23-9-24-19(17)26/h9-10,14-15H,5-8,11-13H2,1-4H3,(H2,22,23,24). The largest absolute Gasteiger partial charge is 0.510 e. The number of carbonyl (C=O) groups excluding carboxylic acids is 1. The summed E-state index contributed by atoms with van der Waals surface area (Å²) in [7, 11) is -3.90. The highest BCUT2D eigenvalue weighted by Crippen LogP contribution is 2.48. The smallest absolute Gasteiger partial charge is 0.463 e. The second kappa shape index (κ2) is 12.9. The maximum Gasteiger partial charge on any atom is 0.510 e. The third-order valence-electron chi connectivity index (χ3n) is 4.48. The molecule has 2 heterocycles. The zero-order valence-electron chi connectivity index (χ0n) is 20.7. The van der Waals surface area contributed by atoms with E-state index in [1.165, 1.54) is 6.33 Å². The van der Waals surface area contributed by atoms with Gasteiger partial charge in [0.25, 0.3) is 5.95 Å². The number of hydrogen-bond acceptors (Lipinski definition) is 13. The number of carbonyl (C=O) groups is 1. The van der Waals surface area contributed by atoms with Gasteiger partial charge in [-0.25, -0.2) is 19.7 Å². The van der Waals surface area contributed by atoms with Crippen LogP contribution in [0.15, 0.2) is 24.2 Å². The second-order valence-corrected chi connectivity index (χ2v) is 10.3. The number of ether oxygens (including phenoxy) is 5. The minimum atomic E-state index is -3.90. The Hall–Kier alpha value is -2.93. The van der Waals surface area contributed by atoms with Gasteiger partial charge in [0.15, 0.2) is 11.5 Å². The first-order chi connectivity index (χ1) is 17.2. The average molecular weight is 529 g/mol. The molecule has 36 heavy (non-hydrogen) atoms. The molecule has 1 atom stereocenters. The highest BCUT2D eigenvalue weighted by atomic mass is 31.2. The van der Waals surface area contributed by atoms with Crippen molar-refractivity contribution in [2.24, 2.45) is 0 Å². The van der Waals surface area contributed by atoms with Crippen LogP contribution in [0, 0.1) is 0 Å². The number of anilines is 1. The highest BCUT2D eigenvalue weighted by Gasteiger charge is 2.28. The molecule has 2 aromatic heterocycles. The quantitative estimate of drug-likeness (QED) is 0.117. The van der Waals surface area contributed by atoms with Crippen LogP contribution >= 0.6 is 7.60 Å². The fraction of sp³-hybridized carbons (Fsp3) is 0.619. The maximum absolute atomic E-state index is 13.2. The van der Waals surface area contributed by atoms with E-state index in [4.69, 9.17) is 38.5 Å². The molecule has 1 aliphatic carbocycles. The van der Waals surface area contributed by atoms with Gasteiger partial charge < -0.3 is 34.0 Å². The summed E-state index contributed by atoms with van der Waals surface area (Å²) in [5, 5.41) is 0. The van der Waals surface area contributed by atoms with Crippen LogP contribution < -0.4 is 5.73 Å². The summed E-state index contributed by atoms with van der Waals surface area (Å²) in [4.78, 5) is 23.8. The summed E-state index contributed by atoms with van der Waals surface area (Å²) >= 11 is 0. The first kappa shape index (κ1) is 27.7. The van der Waals surface area contributed by atoms with E-state index < -0.39 is 33.7 Å². The van der Waals surface area contributed by atoms with Crippen LogP contribution in [0.5, 0.6) is 0 Å². The Balaban J connectivity index is 1.53. The van der Waals surface area contributed by atoms with Gasteiger partial charge in [-0.2, -0.15) is 0 Å². The van der Waals surface area contributed by atoms with Crippen LogP contribution in [0.1, 0.15) is 40.5 Å². The molecule has 0 aromatic carbocycles. The van der Waals surface area contributed by atoms with E-state index in [1.807, 2.05) is 13.8 Å². The van der Waals surface area contributed by atoms with E-state index in [1.54, 1.807) is 24.7 Å². The number of imidazole rings is 1. The van der Waals surface area contributed by atoms with Crippen LogP contribution in [0.4, 0.5) is 10.6 Å². The van der Waals surface area contributed by atoms with E-state index in [9.17, 15) is 9.36 Å². The van der Waals surface area contributed by atoms with Gasteiger partial charge in [0.2, 0.25) is 13.6 Å². The van der Waals surface area contributed by atoms with Crippen molar-refractivity contribution in [2.75, 3.05) is 32.3 Å². The lowest BCUT2D eigenvalue weighted by molar-refractivity contribution is -0.0587. The zero-order chi connectivity index (χ0) is 26.1. The van der Waals surface area contributed by atoms with Crippen molar-refractivity contribution >= 4 is 30.7 Å². The van der Waals surface area contributed by atoms with Crippen molar-refractivity contribution in [3.05, 3.63) is 24.2 Å². The van der Waals surface area contributed by atoms with Crippen molar-refractivity contribution < 1.29 is 42.1 Å². The highest BCUT2D eigenvalue weighted by molar-refractivity contribution is 7.53. The summed E-state index contributed by atoms with van der Waals surface area (Å²) < 4.78 is 51.9. The topological polar surface area (TPSA) is 168 Å². The third kappa shape index (κ3) is 8.63. The van der Waals surface area contributed by atoms with Crippen molar-refractivity contribution in [1.29, 1.82) is 0 Å². The minimum Gasteiger partial charge on any atom is -0.463 e. The van der Waals surface area contributed by atoms with E-state index in [-0.39, 0.29) is 24.6 Å². The summed E-state index contributed by atoms with van der Waals surface area (Å²) in [6.07, 6.45) is 2.75. The van der Waals surface area contributed by atoms with E-state index in [0.29, 0.717) is 23.7 Å². The number of nitrogen functional groups attached to an aromatic ring is 1. The maximum atomic E-state index is 13.2. The Labute approximate surface area is 208 Å². The molecule has 1 unspecified atom stereocenters. The van der Waals surface area contributed by atoms with Crippen LogP contribution in [0.3, 0.4) is 0 Å². The molecule has 0 bridgehead atoms. The van der Waals surface area contributed by atoms with Crippen LogP contribution in [0.25, 0.3) is 11.2 Å². The van der Waals surface area contributed by atoms with Gasteiger partial charge in [-0.05, 0) is 40.5 Å². The molecule has 1 fully saturated rings. The molecule has 1 aliphatic rings. The molecule has 2 N–H and O–H groups in total. The predicted molar refractivity (Wildman–Crippen MR) is 126 cm³/mol. The number of fused-ring (bicyclic) bond motifs is 1. The molecular formula is C21H32N5O9P. The second-order valence-electron chi connectivity index (χ2n) is 8.27. The SMILES string of the molecule is CC(C)OC(=O)OCOP(=O)(COCCn1cnc2c(N)ncnc21)OCOC(OC(C)C)=C1CC1. The first-order valence-corrected chi connectivity index (χ1v) is 13.1. The van der Waals surface area contributed by atoms with E-state index in [0.717, 1.165) is 18.4 Å². The van der Waals surface area contributed by atoms with E-state index in [2.05, 4.69) is 15.0 Å². The Morgan fingerprint density at radius 2 is 1.75 bits per heavy atom. The lowest BCUT2D eigenvalue weighted by Gasteiger charge is -2.20. The van der Waals surface area contributed by atoms with Gasteiger partial charge >= 0.3 is 13.8 Å². The number of allylic oxidation sites excluding steroid dienone is 1. The Morgan fingerprint density at radius 1 is 1.06 bits per heavy atom. The Bertz CT molecular complexity index is 1100. The predicted octanol–water partition coefficient (Wildman–Crippen LogP) is 3.53. The lowest BCUT2D eigenvalue weighted by Crippen LogP contribution is -2.16. The van der Waals surface area contributed by atoms with Gasteiger partial charge in [-0.1, -0.05) is 0 Å². The fourth-order valence-electron chi connectivity index (χ4n) is 2.75. The van der Waals surface area contributed by atoms with Gasteiger partial charge in [0, 0.05) is 12.1 Å². The van der Waals surface area contributed by atoms with Crippen LogP contribution in [-0.4, -0.2) is 64.4 Å². The molecule has 0 spiro atoms. The number of hydrogen-bond donors (Lipinski definition) is 1. The number of nitrogens with two attached hydrogens (primary N) is 1. The van der Waals surface area contributed by atoms with E-state index >= 15 is 0 Å². The minimum absolute atomic E-state index is 0.0975. The van der Waals surface area contributed by atoms with Crippen molar-refractivity contribution in [1.82, 2.24) is 19.5 Å². The van der Waals surface area contributed by atoms with Gasteiger partial charge in [0.05, 0.1) is 25.1 Å². The van der Waals surface area contributed by atoms with Gasteiger partial charge in [0.1, 0.15) is 18.2 Å². The molecule has 14 nitrogen and oxygen atoms in total. The fourth-order valence-corrected chi connectivity index (χ4v) is 3.76. The first-order valence-electron chi connectivity index (χ1n) is 11.4. The normalized spacial score (nSPS) is 14.7. The van der Waals surface area contributed by atoms with Crippen LogP contribution in [0.2, 0.25) is 0 Å². The van der Waals surface area contributed by atoms with Crippen LogP contribution in [-0.2, 0) is 43.8 Å². The third-order valence-corrected chi connectivity index (χ3v) is 5.98. The van der Waals surface area contributed by atoms with Crippen molar-refractivity contribution in [2.45, 2.75) is 59.3 Å². The molecular weight excluding hydrogens is 497 g/mol. The van der Waals surface area contributed by atoms with Gasteiger partial charge in [-0.3, -0.25) is 13.6 Å². The lowest BCUT2D eigenvalue weighted by atomic mass is 10.5. The molecule has 3 rings (SSSR count). The summed E-state index contributed by atoms with van der Waals surface area (Å²) in [6.45, 7) is 6.44. The molecule has 0 amide bonds. The molecule has 1 saturated carbocycles. The monoisotopic (exact) mass is 529 g/mol. The number of aromatic nitrogens is 4. The molecule has 0 radical (unpaired) electrons.